The molecular formula is C12H20N4O. The Morgan fingerprint density at radius 1 is 1.59 bits per heavy atom. The van der Waals surface area contributed by atoms with Crippen LogP contribution in [0.15, 0.2) is 12.4 Å². The van der Waals surface area contributed by atoms with Gasteiger partial charge in [0.1, 0.15) is 0 Å². The normalized spacial score (nSPS) is 18.2. The van der Waals surface area contributed by atoms with E-state index in [9.17, 15) is 4.79 Å². The molecule has 1 aromatic heterocycles. The van der Waals surface area contributed by atoms with Crippen molar-refractivity contribution in [2.45, 2.75) is 39.2 Å². The first-order chi connectivity index (χ1) is 8.10. The third-order valence-corrected chi connectivity index (χ3v) is 3.53. The van der Waals surface area contributed by atoms with Gasteiger partial charge in [-0.2, -0.15) is 5.10 Å². The van der Waals surface area contributed by atoms with Crippen molar-refractivity contribution < 1.29 is 4.79 Å². The van der Waals surface area contributed by atoms with Crippen molar-refractivity contribution >= 4 is 11.6 Å². The Bertz CT molecular complexity index is 393. The number of nitrogens with one attached hydrogen (secondary N) is 1. The molecule has 0 aromatic carbocycles. The van der Waals surface area contributed by atoms with E-state index in [0.717, 1.165) is 12.8 Å². The van der Waals surface area contributed by atoms with Crippen LogP contribution >= 0.6 is 0 Å². The average molecular weight is 236 g/mol. The predicted octanol–water partition coefficient (Wildman–Crippen LogP) is 1.16. The first kappa shape index (κ1) is 12.0. The SMILES string of the molecule is CC1(C(=O)NCCn2cc(N)cn2)CCCC1. The van der Waals surface area contributed by atoms with Crippen molar-refractivity contribution in [3.8, 4) is 0 Å². The Kier molecular flexibility index (Phi) is 3.36. The molecular weight excluding hydrogens is 216 g/mol. The highest BCUT2D eigenvalue weighted by Crippen LogP contribution is 2.37. The maximum Gasteiger partial charge on any atom is 0.225 e. The highest BCUT2D eigenvalue weighted by molar-refractivity contribution is 5.82. The Morgan fingerprint density at radius 3 is 2.88 bits per heavy atom. The summed E-state index contributed by atoms with van der Waals surface area (Å²) < 4.78 is 1.74. The quantitative estimate of drug-likeness (QED) is 0.824. The fraction of sp³-hybridized carbons (Fsp3) is 0.667. The first-order valence-electron chi connectivity index (χ1n) is 6.16. The lowest BCUT2D eigenvalue weighted by atomic mass is 9.88. The number of carbonyl (C=O) groups is 1. The number of hydrogen-bond acceptors (Lipinski definition) is 3. The van der Waals surface area contributed by atoms with Crippen molar-refractivity contribution in [2.75, 3.05) is 12.3 Å². The van der Waals surface area contributed by atoms with E-state index in [2.05, 4.69) is 17.3 Å². The molecule has 1 aliphatic rings. The van der Waals surface area contributed by atoms with Crippen molar-refractivity contribution in [2.24, 2.45) is 5.41 Å². The number of amides is 1. The fourth-order valence-electron chi connectivity index (χ4n) is 2.38. The molecule has 0 unspecified atom stereocenters. The van der Waals surface area contributed by atoms with Crippen LogP contribution in [-0.2, 0) is 11.3 Å². The molecule has 3 N–H and O–H groups in total. The van der Waals surface area contributed by atoms with Gasteiger partial charge in [-0.05, 0) is 12.8 Å². The standard InChI is InChI=1S/C12H20N4O/c1-12(4-2-3-5-12)11(17)14-6-7-16-9-10(13)8-15-16/h8-9H,2-7,13H2,1H3,(H,14,17). The van der Waals surface area contributed by atoms with Crippen molar-refractivity contribution in [3.63, 3.8) is 0 Å². The van der Waals surface area contributed by atoms with E-state index < -0.39 is 0 Å². The minimum Gasteiger partial charge on any atom is -0.396 e. The molecule has 1 aliphatic carbocycles. The van der Waals surface area contributed by atoms with E-state index >= 15 is 0 Å². The van der Waals surface area contributed by atoms with Gasteiger partial charge in [-0.15, -0.1) is 0 Å². The molecule has 1 saturated carbocycles. The molecule has 5 nitrogen and oxygen atoms in total. The van der Waals surface area contributed by atoms with E-state index in [0.29, 0.717) is 18.8 Å². The number of hydrogen-bond donors (Lipinski definition) is 2. The molecule has 0 bridgehead atoms. The molecule has 0 radical (unpaired) electrons. The molecule has 1 heterocycles. The minimum atomic E-state index is -0.150. The van der Waals surface area contributed by atoms with Crippen LogP contribution in [0, 0.1) is 5.41 Å². The first-order valence-corrected chi connectivity index (χ1v) is 6.16. The summed E-state index contributed by atoms with van der Waals surface area (Å²) in [6.07, 6.45) is 7.73. The second-order valence-corrected chi connectivity index (χ2v) is 5.06. The largest absolute Gasteiger partial charge is 0.396 e. The molecule has 5 heteroatoms. The topological polar surface area (TPSA) is 72.9 Å². The van der Waals surface area contributed by atoms with Crippen LogP contribution in [0.5, 0.6) is 0 Å². The van der Waals surface area contributed by atoms with Crippen LogP contribution in [0.3, 0.4) is 0 Å². The monoisotopic (exact) mass is 236 g/mol. The van der Waals surface area contributed by atoms with E-state index in [1.165, 1.54) is 12.8 Å². The second-order valence-electron chi connectivity index (χ2n) is 5.06. The van der Waals surface area contributed by atoms with Gasteiger partial charge in [0.05, 0.1) is 18.4 Å². The Balaban J connectivity index is 1.77. The van der Waals surface area contributed by atoms with Crippen LogP contribution in [0.1, 0.15) is 32.6 Å². The molecule has 2 rings (SSSR count). The number of nitrogen functional groups attached to an aromatic ring is 1. The van der Waals surface area contributed by atoms with Gasteiger partial charge in [-0.25, -0.2) is 0 Å². The number of carbonyl (C=O) groups excluding carboxylic acids is 1. The summed E-state index contributed by atoms with van der Waals surface area (Å²) in [5, 5.41) is 7.05. The third-order valence-electron chi connectivity index (χ3n) is 3.53. The van der Waals surface area contributed by atoms with Gasteiger partial charge in [0.25, 0.3) is 0 Å². The molecule has 0 spiro atoms. The summed E-state index contributed by atoms with van der Waals surface area (Å²) in [5.41, 5.74) is 6.06. The van der Waals surface area contributed by atoms with Crippen LogP contribution in [0.2, 0.25) is 0 Å². The highest BCUT2D eigenvalue weighted by Gasteiger charge is 2.35. The maximum absolute atomic E-state index is 12.0. The maximum atomic E-state index is 12.0. The number of aromatic nitrogens is 2. The lowest BCUT2D eigenvalue weighted by molar-refractivity contribution is -0.129. The summed E-state index contributed by atoms with van der Waals surface area (Å²) in [5.74, 6) is 0.176. The van der Waals surface area contributed by atoms with Gasteiger partial charge in [0, 0.05) is 18.2 Å². The van der Waals surface area contributed by atoms with Gasteiger partial charge in [0.2, 0.25) is 5.91 Å². The highest BCUT2D eigenvalue weighted by atomic mass is 16.2. The van der Waals surface area contributed by atoms with Gasteiger partial charge < -0.3 is 11.1 Å². The zero-order valence-electron chi connectivity index (χ0n) is 10.3. The zero-order valence-corrected chi connectivity index (χ0v) is 10.3. The van der Waals surface area contributed by atoms with E-state index in [1.54, 1.807) is 17.1 Å². The Labute approximate surface area is 101 Å². The smallest absolute Gasteiger partial charge is 0.225 e. The molecule has 0 aliphatic heterocycles. The lowest BCUT2D eigenvalue weighted by Gasteiger charge is -2.22. The van der Waals surface area contributed by atoms with E-state index in [1.807, 2.05) is 0 Å². The molecule has 0 atom stereocenters. The number of anilines is 1. The van der Waals surface area contributed by atoms with Crippen molar-refractivity contribution in [3.05, 3.63) is 12.4 Å². The number of rotatable bonds is 4. The van der Waals surface area contributed by atoms with Crippen LogP contribution < -0.4 is 11.1 Å². The molecule has 0 saturated heterocycles. The van der Waals surface area contributed by atoms with Crippen LogP contribution in [0.25, 0.3) is 0 Å². The van der Waals surface area contributed by atoms with Gasteiger partial charge >= 0.3 is 0 Å². The number of nitrogens with two attached hydrogens (primary N) is 1. The molecule has 1 amide bonds. The summed E-state index contributed by atoms with van der Waals surface area (Å²) in [6, 6.07) is 0. The van der Waals surface area contributed by atoms with Gasteiger partial charge in [-0.3, -0.25) is 9.48 Å². The molecule has 1 fully saturated rings. The average Bonchev–Trinajstić information content (AvgIpc) is 2.89. The van der Waals surface area contributed by atoms with Crippen LogP contribution in [0.4, 0.5) is 5.69 Å². The van der Waals surface area contributed by atoms with Gasteiger partial charge in [-0.1, -0.05) is 19.8 Å². The van der Waals surface area contributed by atoms with E-state index in [-0.39, 0.29) is 11.3 Å². The lowest BCUT2D eigenvalue weighted by Crippen LogP contribution is -2.38. The van der Waals surface area contributed by atoms with Crippen molar-refractivity contribution in [1.29, 1.82) is 0 Å². The predicted molar refractivity (Wildman–Crippen MR) is 66.2 cm³/mol. The number of nitrogens with zero attached hydrogens (tertiary/aromatic N) is 2. The summed E-state index contributed by atoms with van der Waals surface area (Å²) in [7, 11) is 0. The summed E-state index contributed by atoms with van der Waals surface area (Å²) in [6.45, 7) is 3.33. The Morgan fingerprint density at radius 2 is 2.29 bits per heavy atom. The third kappa shape index (κ3) is 2.78. The van der Waals surface area contributed by atoms with Crippen molar-refractivity contribution in [1.82, 2.24) is 15.1 Å². The van der Waals surface area contributed by atoms with Crippen LogP contribution in [-0.4, -0.2) is 22.2 Å². The fourth-order valence-corrected chi connectivity index (χ4v) is 2.38. The molecule has 94 valence electrons. The summed E-state index contributed by atoms with van der Waals surface area (Å²) in [4.78, 5) is 12.0. The van der Waals surface area contributed by atoms with Gasteiger partial charge in [0.15, 0.2) is 0 Å². The van der Waals surface area contributed by atoms with E-state index in [4.69, 9.17) is 5.73 Å². The second kappa shape index (κ2) is 4.77. The molecule has 17 heavy (non-hydrogen) atoms. The summed E-state index contributed by atoms with van der Waals surface area (Å²) >= 11 is 0. The zero-order chi connectivity index (χ0) is 12.3. The molecule has 1 aromatic rings. The Hall–Kier alpha value is -1.52. The minimum absolute atomic E-state index is 0.150.